The predicted octanol–water partition coefficient (Wildman–Crippen LogP) is -0.718. The Kier molecular flexibility index (Phi) is 7.66. The minimum atomic E-state index is 0. The molecular formula is C10H22ClN3O2. The number of rotatable bonds is 7. The summed E-state index contributed by atoms with van der Waals surface area (Å²) in [5, 5.41) is 8.83. The van der Waals surface area contributed by atoms with Crippen molar-refractivity contribution in [3.05, 3.63) is 0 Å². The van der Waals surface area contributed by atoms with E-state index in [-0.39, 0.29) is 24.9 Å². The summed E-state index contributed by atoms with van der Waals surface area (Å²) in [7, 11) is 1.85. The van der Waals surface area contributed by atoms with Gasteiger partial charge in [-0.15, -0.1) is 12.4 Å². The maximum absolute atomic E-state index is 11.7. The number of hydrogen-bond acceptors (Lipinski definition) is 4. The van der Waals surface area contributed by atoms with E-state index in [2.05, 4.69) is 0 Å². The molecule has 1 aliphatic carbocycles. The lowest BCUT2D eigenvalue weighted by Gasteiger charge is -2.23. The molecule has 0 heterocycles. The molecule has 0 spiro atoms. The lowest BCUT2D eigenvalue weighted by atomic mass is 10.4. The van der Waals surface area contributed by atoms with Crippen LogP contribution in [0.25, 0.3) is 0 Å². The second-order valence-electron chi connectivity index (χ2n) is 4.02. The zero-order valence-corrected chi connectivity index (χ0v) is 10.6. The normalized spacial score (nSPS) is 14.8. The first-order valence-electron chi connectivity index (χ1n) is 5.48. The predicted molar refractivity (Wildman–Crippen MR) is 65.6 cm³/mol. The molecule has 1 rings (SSSR count). The smallest absolute Gasteiger partial charge is 0.236 e. The van der Waals surface area contributed by atoms with E-state index in [4.69, 9.17) is 10.8 Å². The zero-order chi connectivity index (χ0) is 11.3. The highest BCUT2D eigenvalue weighted by Crippen LogP contribution is 2.25. The number of hydrogen-bond donors (Lipinski definition) is 2. The molecule has 96 valence electrons. The third kappa shape index (κ3) is 5.12. The first-order chi connectivity index (χ1) is 7.19. The van der Waals surface area contributed by atoms with E-state index in [1.807, 2.05) is 11.9 Å². The molecule has 3 N–H and O–H groups in total. The summed E-state index contributed by atoms with van der Waals surface area (Å²) < 4.78 is 0. The minimum Gasteiger partial charge on any atom is -0.395 e. The first kappa shape index (κ1) is 15.6. The highest BCUT2D eigenvalue weighted by molar-refractivity contribution is 5.85. The lowest BCUT2D eigenvalue weighted by Crippen LogP contribution is -2.42. The SMILES string of the molecule is CN(C(=O)CN(CCN)CCO)C1CC1.Cl. The van der Waals surface area contributed by atoms with Gasteiger partial charge in [-0.05, 0) is 12.8 Å². The van der Waals surface area contributed by atoms with Crippen LogP contribution >= 0.6 is 12.4 Å². The fourth-order valence-corrected chi connectivity index (χ4v) is 1.56. The molecule has 1 fully saturated rings. The molecule has 6 heteroatoms. The number of nitrogens with two attached hydrogens (primary N) is 1. The van der Waals surface area contributed by atoms with Crippen molar-refractivity contribution in [3.8, 4) is 0 Å². The second-order valence-corrected chi connectivity index (χ2v) is 4.02. The van der Waals surface area contributed by atoms with Crippen molar-refractivity contribution < 1.29 is 9.90 Å². The van der Waals surface area contributed by atoms with Gasteiger partial charge in [-0.25, -0.2) is 0 Å². The Balaban J connectivity index is 0.00000225. The van der Waals surface area contributed by atoms with Crippen LogP contribution in [0.2, 0.25) is 0 Å². The second kappa shape index (κ2) is 7.84. The number of carbonyl (C=O) groups is 1. The Morgan fingerprint density at radius 3 is 2.50 bits per heavy atom. The Bertz CT molecular complexity index is 206. The van der Waals surface area contributed by atoms with Crippen LogP contribution in [0.3, 0.4) is 0 Å². The van der Waals surface area contributed by atoms with Crippen molar-refractivity contribution in [2.24, 2.45) is 5.73 Å². The van der Waals surface area contributed by atoms with Crippen molar-refractivity contribution in [1.29, 1.82) is 0 Å². The molecule has 1 aliphatic rings. The fraction of sp³-hybridized carbons (Fsp3) is 0.900. The first-order valence-corrected chi connectivity index (χ1v) is 5.48. The number of halogens is 1. The molecule has 0 aromatic carbocycles. The van der Waals surface area contributed by atoms with Gasteiger partial charge >= 0.3 is 0 Å². The van der Waals surface area contributed by atoms with Crippen molar-refractivity contribution in [2.45, 2.75) is 18.9 Å². The summed E-state index contributed by atoms with van der Waals surface area (Å²) >= 11 is 0. The zero-order valence-electron chi connectivity index (χ0n) is 9.76. The van der Waals surface area contributed by atoms with Gasteiger partial charge in [0.2, 0.25) is 5.91 Å². The topological polar surface area (TPSA) is 69.8 Å². The van der Waals surface area contributed by atoms with Crippen molar-refractivity contribution in [2.75, 3.05) is 39.8 Å². The average molecular weight is 252 g/mol. The molecule has 16 heavy (non-hydrogen) atoms. The van der Waals surface area contributed by atoms with Crippen molar-refractivity contribution in [1.82, 2.24) is 9.80 Å². The molecule has 1 amide bonds. The van der Waals surface area contributed by atoms with Crippen LogP contribution < -0.4 is 5.73 Å². The van der Waals surface area contributed by atoms with Crippen LogP contribution in [0.1, 0.15) is 12.8 Å². The third-order valence-corrected chi connectivity index (χ3v) is 2.71. The van der Waals surface area contributed by atoms with Gasteiger partial charge in [0.05, 0.1) is 13.2 Å². The Morgan fingerprint density at radius 2 is 2.06 bits per heavy atom. The Hall–Kier alpha value is -0.360. The molecule has 0 aliphatic heterocycles. The maximum atomic E-state index is 11.7. The van der Waals surface area contributed by atoms with Gasteiger partial charge in [-0.3, -0.25) is 9.69 Å². The molecule has 0 saturated heterocycles. The third-order valence-electron chi connectivity index (χ3n) is 2.71. The summed E-state index contributed by atoms with van der Waals surface area (Å²) in [6.07, 6.45) is 2.25. The van der Waals surface area contributed by atoms with Crippen LogP contribution in [0.4, 0.5) is 0 Å². The quantitative estimate of drug-likeness (QED) is 0.627. The molecule has 1 saturated carbocycles. The average Bonchev–Trinajstić information content (AvgIpc) is 3.00. The van der Waals surface area contributed by atoms with Gasteiger partial charge in [-0.2, -0.15) is 0 Å². The molecule has 0 radical (unpaired) electrons. The monoisotopic (exact) mass is 251 g/mol. The standard InChI is InChI=1S/C10H21N3O2.ClH/c1-12(9-2-3-9)10(15)8-13(5-4-11)6-7-14;/h9,14H,2-8,11H2,1H3;1H. The van der Waals surface area contributed by atoms with E-state index in [1.54, 1.807) is 4.90 Å². The molecular weight excluding hydrogens is 230 g/mol. The van der Waals surface area contributed by atoms with Crippen LogP contribution in [0, 0.1) is 0 Å². The number of amides is 1. The van der Waals surface area contributed by atoms with Crippen LogP contribution in [-0.4, -0.2) is 66.7 Å². The molecule has 0 aromatic heterocycles. The largest absolute Gasteiger partial charge is 0.395 e. The number of aliphatic hydroxyl groups is 1. The number of carbonyl (C=O) groups excluding carboxylic acids is 1. The van der Waals surface area contributed by atoms with Gasteiger partial charge in [0.25, 0.3) is 0 Å². The molecule has 0 unspecified atom stereocenters. The van der Waals surface area contributed by atoms with Gasteiger partial charge in [-0.1, -0.05) is 0 Å². The van der Waals surface area contributed by atoms with Crippen molar-refractivity contribution >= 4 is 18.3 Å². The highest BCUT2D eigenvalue weighted by atomic mass is 35.5. The highest BCUT2D eigenvalue weighted by Gasteiger charge is 2.29. The summed E-state index contributed by atoms with van der Waals surface area (Å²) in [4.78, 5) is 15.4. The summed E-state index contributed by atoms with van der Waals surface area (Å²) in [5.74, 6) is 0.124. The maximum Gasteiger partial charge on any atom is 0.236 e. The molecule has 0 aromatic rings. The lowest BCUT2D eigenvalue weighted by molar-refractivity contribution is -0.131. The van der Waals surface area contributed by atoms with Crippen LogP contribution in [0.5, 0.6) is 0 Å². The van der Waals surface area contributed by atoms with Crippen LogP contribution in [0.15, 0.2) is 0 Å². The Morgan fingerprint density at radius 1 is 1.44 bits per heavy atom. The van der Waals surface area contributed by atoms with E-state index in [1.165, 1.54) is 0 Å². The molecule has 0 atom stereocenters. The van der Waals surface area contributed by atoms with Gasteiger partial charge < -0.3 is 15.7 Å². The van der Waals surface area contributed by atoms with E-state index in [0.717, 1.165) is 12.8 Å². The summed E-state index contributed by atoms with van der Waals surface area (Å²) in [6.45, 7) is 2.12. The van der Waals surface area contributed by atoms with E-state index in [9.17, 15) is 4.79 Å². The van der Waals surface area contributed by atoms with Gasteiger partial charge in [0, 0.05) is 32.7 Å². The van der Waals surface area contributed by atoms with Crippen LogP contribution in [-0.2, 0) is 4.79 Å². The summed E-state index contributed by atoms with van der Waals surface area (Å²) in [5.41, 5.74) is 5.44. The van der Waals surface area contributed by atoms with Gasteiger partial charge in [0.15, 0.2) is 0 Å². The minimum absolute atomic E-state index is 0. The number of nitrogens with zero attached hydrogens (tertiary/aromatic N) is 2. The van der Waals surface area contributed by atoms with E-state index >= 15 is 0 Å². The van der Waals surface area contributed by atoms with E-state index in [0.29, 0.717) is 32.2 Å². The molecule has 5 nitrogen and oxygen atoms in total. The molecule has 0 bridgehead atoms. The summed E-state index contributed by atoms with van der Waals surface area (Å²) in [6, 6.07) is 0.450. The fourth-order valence-electron chi connectivity index (χ4n) is 1.56. The van der Waals surface area contributed by atoms with Gasteiger partial charge in [0.1, 0.15) is 0 Å². The number of likely N-dealkylation sites (N-methyl/N-ethyl adjacent to an activating group) is 1. The van der Waals surface area contributed by atoms with Crippen molar-refractivity contribution in [3.63, 3.8) is 0 Å². The Labute approximate surface area is 103 Å². The van der Waals surface area contributed by atoms with E-state index < -0.39 is 0 Å². The number of aliphatic hydroxyl groups excluding tert-OH is 1.